The highest BCUT2D eigenvalue weighted by Crippen LogP contribution is 2.00. The first-order valence-corrected chi connectivity index (χ1v) is 6.16. The summed E-state index contributed by atoms with van der Waals surface area (Å²) >= 11 is 0. The van der Waals surface area contributed by atoms with Crippen LogP contribution < -0.4 is 0 Å². The minimum Gasteiger partial charge on any atom is -0.374 e. The van der Waals surface area contributed by atoms with E-state index in [0.717, 1.165) is 6.26 Å². The lowest BCUT2D eigenvalue weighted by Crippen LogP contribution is -2.19. The van der Waals surface area contributed by atoms with E-state index in [-0.39, 0.29) is 18.0 Å². The van der Waals surface area contributed by atoms with Crippen molar-refractivity contribution in [1.29, 1.82) is 0 Å². The molecule has 0 saturated carbocycles. The van der Waals surface area contributed by atoms with Crippen molar-refractivity contribution < 1.29 is 17.9 Å². The van der Waals surface area contributed by atoms with Crippen molar-refractivity contribution >= 4 is 15.6 Å². The Labute approximate surface area is 79.2 Å². The van der Waals surface area contributed by atoms with E-state index < -0.39 is 15.9 Å². The van der Waals surface area contributed by atoms with Crippen molar-refractivity contribution in [3.8, 4) is 0 Å². The van der Waals surface area contributed by atoms with E-state index in [1.807, 2.05) is 0 Å². The van der Waals surface area contributed by atoms with Gasteiger partial charge in [-0.15, -0.1) is 0 Å². The van der Waals surface area contributed by atoms with E-state index in [0.29, 0.717) is 6.42 Å². The van der Waals surface area contributed by atoms with Gasteiger partial charge in [0.05, 0.1) is 5.75 Å². The lowest BCUT2D eigenvalue weighted by molar-refractivity contribution is -0.127. The quantitative estimate of drug-likeness (QED) is 0.634. The molecule has 0 heterocycles. The third-order valence-electron chi connectivity index (χ3n) is 1.75. The van der Waals surface area contributed by atoms with Crippen molar-refractivity contribution in [3.05, 3.63) is 0 Å². The van der Waals surface area contributed by atoms with Gasteiger partial charge in [-0.2, -0.15) is 0 Å². The van der Waals surface area contributed by atoms with Crippen molar-refractivity contribution in [1.82, 2.24) is 0 Å². The molecule has 0 aliphatic rings. The molecule has 1 atom stereocenters. The van der Waals surface area contributed by atoms with E-state index in [1.54, 1.807) is 6.92 Å². The van der Waals surface area contributed by atoms with Gasteiger partial charge >= 0.3 is 0 Å². The Morgan fingerprint density at radius 3 is 2.38 bits per heavy atom. The summed E-state index contributed by atoms with van der Waals surface area (Å²) in [7, 11) is -1.49. The molecule has 0 N–H and O–H groups in total. The highest BCUT2D eigenvalue weighted by molar-refractivity contribution is 7.90. The van der Waals surface area contributed by atoms with Gasteiger partial charge < -0.3 is 4.74 Å². The molecule has 0 bridgehead atoms. The Balaban J connectivity index is 3.72. The van der Waals surface area contributed by atoms with Crippen LogP contribution in [0.15, 0.2) is 0 Å². The molecule has 5 heteroatoms. The van der Waals surface area contributed by atoms with Crippen molar-refractivity contribution in [2.45, 2.75) is 25.9 Å². The Kier molecular flexibility index (Phi) is 5.17. The van der Waals surface area contributed by atoms with Crippen LogP contribution in [-0.4, -0.2) is 39.4 Å². The Hall–Kier alpha value is -0.420. The van der Waals surface area contributed by atoms with E-state index in [2.05, 4.69) is 0 Å². The van der Waals surface area contributed by atoms with Crippen LogP contribution in [0.1, 0.15) is 19.8 Å². The second-order valence-corrected chi connectivity index (χ2v) is 5.34. The SMILES string of the molecule is COC(C)C(=O)CCCS(C)(=O)=O. The summed E-state index contributed by atoms with van der Waals surface area (Å²) in [5.41, 5.74) is 0. The topological polar surface area (TPSA) is 60.4 Å². The first kappa shape index (κ1) is 12.6. The van der Waals surface area contributed by atoms with E-state index in [1.165, 1.54) is 7.11 Å². The average molecular weight is 208 g/mol. The third-order valence-corrected chi connectivity index (χ3v) is 2.78. The van der Waals surface area contributed by atoms with Crippen LogP contribution in [0.3, 0.4) is 0 Å². The van der Waals surface area contributed by atoms with Crippen molar-refractivity contribution in [3.63, 3.8) is 0 Å². The number of carbonyl (C=O) groups excluding carboxylic acids is 1. The summed E-state index contributed by atoms with van der Waals surface area (Å²) in [4.78, 5) is 11.1. The van der Waals surface area contributed by atoms with Gasteiger partial charge in [0, 0.05) is 19.8 Å². The number of hydrogen-bond donors (Lipinski definition) is 0. The molecule has 0 aliphatic heterocycles. The lowest BCUT2D eigenvalue weighted by Gasteiger charge is -2.06. The molecule has 0 aliphatic carbocycles. The number of sulfone groups is 1. The molecule has 0 fully saturated rings. The van der Waals surface area contributed by atoms with Crippen LogP contribution >= 0.6 is 0 Å². The van der Waals surface area contributed by atoms with E-state index in [4.69, 9.17) is 4.74 Å². The van der Waals surface area contributed by atoms with Crippen LogP contribution in [0, 0.1) is 0 Å². The van der Waals surface area contributed by atoms with Crippen LogP contribution in [0.2, 0.25) is 0 Å². The van der Waals surface area contributed by atoms with Gasteiger partial charge in [0.1, 0.15) is 15.9 Å². The fourth-order valence-corrected chi connectivity index (χ4v) is 1.51. The van der Waals surface area contributed by atoms with Crippen LogP contribution in [0.25, 0.3) is 0 Å². The standard InChI is InChI=1S/C8H16O4S/c1-7(12-2)8(9)5-4-6-13(3,10)11/h7H,4-6H2,1-3H3. The third kappa shape index (κ3) is 6.72. The largest absolute Gasteiger partial charge is 0.374 e. The van der Waals surface area contributed by atoms with E-state index in [9.17, 15) is 13.2 Å². The number of ketones is 1. The molecule has 0 rings (SSSR count). The second-order valence-electron chi connectivity index (χ2n) is 3.08. The van der Waals surface area contributed by atoms with Gasteiger partial charge in [0.2, 0.25) is 0 Å². The number of carbonyl (C=O) groups is 1. The maximum Gasteiger partial charge on any atom is 0.161 e. The first-order chi connectivity index (χ1) is 5.87. The molecule has 0 spiro atoms. The summed E-state index contributed by atoms with van der Waals surface area (Å²) in [6.45, 7) is 1.66. The fraction of sp³-hybridized carbons (Fsp3) is 0.875. The van der Waals surface area contributed by atoms with Gasteiger partial charge in [-0.3, -0.25) is 4.79 Å². The average Bonchev–Trinajstić information content (AvgIpc) is 2.00. The molecular formula is C8H16O4S. The number of ether oxygens (including phenoxy) is 1. The normalized spacial score (nSPS) is 14.1. The summed E-state index contributed by atoms with van der Waals surface area (Å²) < 4.78 is 26.2. The Morgan fingerprint density at radius 2 is 2.00 bits per heavy atom. The molecule has 0 aromatic rings. The summed E-state index contributed by atoms with van der Waals surface area (Å²) in [5, 5.41) is 0. The summed E-state index contributed by atoms with van der Waals surface area (Å²) in [6.07, 6.45) is 1.38. The number of rotatable bonds is 6. The summed E-state index contributed by atoms with van der Waals surface area (Å²) in [6, 6.07) is 0. The zero-order valence-corrected chi connectivity index (χ0v) is 9.06. The maximum atomic E-state index is 11.1. The van der Waals surface area contributed by atoms with Crippen LogP contribution in [0.5, 0.6) is 0 Å². The molecule has 13 heavy (non-hydrogen) atoms. The van der Waals surface area contributed by atoms with Crippen molar-refractivity contribution in [2.24, 2.45) is 0 Å². The van der Waals surface area contributed by atoms with E-state index >= 15 is 0 Å². The highest BCUT2D eigenvalue weighted by Gasteiger charge is 2.12. The van der Waals surface area contributed by atoms with Crippen LogP contribution in [0.4, 0.5) is 0 Å². The maximum absolute atomic E-state index is 11.1. The molecule has 0 radical (unpaired) electrons. The molecule has 0 aromatic heterocycles. The zero-order valence-electron chi connectivity index (χ0n) is 8.24. The molecule has 0 amide bonds. The molecule has 4 nitrogen and oxygen atoms in total. The number of methoxy groups -OCH3 is 1. The predicted octanol–water partition coefficient (Wildman–Crippen LogP) is 0.415. The smallest absolute Gasteiger partial charge is 0.161 e. The Morgan fingerprint density at radius 1 is 1.46 bits per heavy atom. The van der Waals surface area contributed by atoms with Crippen molar-refractivity contribution in [2.75, 3.05) is 19.1 Å². The molecule has 78 valence electrons. The molecule has 0 saturated heterocycles. The molecular weight excluding hydrogens is 192 g/mol. The predicted molar refractivity (Wildman–Crippen MR) is 50.4 cm³/mol. The first-order valence-electron chi connectivity index (χ1n) is 4.10. The van der Waals surface area contributed by atoms with Gasteiger partial charge in [-0.25, -0.2) is 8.42 Å². The minimum atomic E-state index is -2.95. The zero-order chi connectivity index (χ0) is 10.5. The van der Waals surface area contributed by atoms with Gasteiger partial charge in [0.15, 0.2) is 5.78 Å². The van der Waals surface area contributed by atoms with Gasteiger partial charge in [0.25, 0.3) is 0 Å². The van der Waals surface area contributed by atoms with Gasteiger partial charge in [-0.1, -0.05) is 0 Å². The molecule has 0 aromatic carbocycles. The fourth-order valence-electron chi connectivity index (χ4n) is 0.843. The number of hydrogen-bond acceptors (Lipinski definition) is 4. The molecule has 1 unspecified atom stereocenters. The number of Topliss-reactive ketones (excluding diaryl/α,β-unsaturated/α-hetero) is 1. The van der Waals surface area contributed by atoms with Gasteiger partial charge in [-0.05, 0) is 13.3 Å². The lowest BCUT2D eigenvalue weighted by atomic mass is 10.1. The minimum absolute atomic E-state index is 0.0499. The highest BCUT2D eigenvalue weighted by atomic mass is 32.2. The Bertz CT molecular complexity index is 255. The second kappa shape index (κ2) is 5.34. The monoisotopic (exact) mass is 208 g/mol. The van der Waals surface area contributed by atoms with Crippen LogP contribution in [-0.2, 0) is 19.4 Å². The summed E-state index contributed by atoms with van der Waals surface area (Å²) in [5.74, 6) is 0.0148.